The van der Waals surface area contributed by atoms with Crippen molar-refractivity contribution in [2.24, 2.45) is 0 Å². The van der Waals surface area contributed by atoms with Crippen molar-refractivity contribution in [1.82, 2.24) is 0 Å². The van der Waals surface area contributed by atoms with Crippen LogP contribution in [-0.4, -0.2) is 11.8 Å². The topological polar surface area (TPSA) is 43.4 Å². The van der Waals surface area contributed by atoms with Crippen molar-refractivity contribution in [2.45, 2.75) is 26.1 Å². The standard InChI is InChI=1S/C12H10ClF3O3/c1-7(17)4-11(18)19-6-8-2-3-9(10(13)5-8)12(14,15)16/h2-3,5H,4,6H2,1H3. The molecule has 104 valence electrons. The number of hydrogen-bond donors (Lipinski definition) is 0. The van der Waals surface area contributed by atoms with Gasteiger partial charge in [-0.2, -0.15) is 13.2 Å². The molecule has 0 saturated heterocycles. The van der Waals surface area contributed by atoms with E-state index in [0.717, 1.165) is 18.2 Å². The number of rotatable bonds is 4. The molecule has 0 radical (unpaired) electrons. The molecule has 0 unspecified atom stereocenters. The summed E-state index contributed by atoms with van der Waals surface area (Å²) in [6.07, 6.45) is -4.89. The number of carbonyl (C=O) groups excluding carboxylic acids is 2. The number of Topliss-reactive ketones (excluding diaryl/α,β-unsaturated/α-hetero) is 1. The molecule has 19 heavy (non-hydrogen) atoms. The van der Waals surface area contributed by atoms with Crippen LogP contribution in [0.2, 0.25) is 5.02 Å². The van der Waals surface area contributed by atoms with E-state index in [1.807, 2.05) is 0 Å². The lowest BCUT2D eigenvalue weighted by molar-refractivity contribution is -0.147. The summed E-state index contributed by atoms with van der Waals surface area (Å²) >= 11 is 5.50. The van der Waals surface area contributed by atoms with Crippen LogP contribution in [0.3, 0.4) is 0 Å². The number of carbonyl (C=O) groups is 2. The highest BCUT2D eigenvalue weighted by atomic mass is 35.5. The van der Waals surface area contributed by atoms with Gasteiger partial charge in [0.05, 0.1) is 10.6 Å². The molecule has 0 aliphatic rings. The van der Waals surface area contributed by atoms with Crippen LogP contribution in [0.25, 0.3) is 0 Å². The first-order valence-electron chi connectivity index (χ1n) is 5.21. The van der Waals surface area contributed by atoms with Crippen LogP contribution in [0.1, 0.15) is 24.5 Å². The van der Waals surface area contributed by atoms with Crippen molar-refractivity contribution >= 4 is 23.4 Å². The van der Waals surface area contributed by atoms with Gasteiger partial charge in [-0.15, -0.1) is 0 Å². The summed E-state index contributed by atoms with van der Waals surface area (Å²) in [6.45, 7) is 1.00. The Bertz CT molecular complexity index is 497. The van der Waals surface area contributed by atoms with E-state index in [1.165, 1.54) is 6.92 Å². The second kappa shape index (κ2) is 6.06. The predicted octanol–water partition coefficient (Wildman–Crippen LogP) is 3.38. The van der Waals surface area contributed by atoms with Gasteiger partial charge in [0.2, 0.25) is 0 Å². The van der Waals surface area contributed by atoms with Crippen LogP contribution >= 0.6 is 11.6 Å². The van der Waals surface area contributed by atoms with Crippen LogP contribution in [0, 0.1) is 0 Å². The van der Waals surface area contributed by atoms with Crippen molar-refractivity contribution in [3.05, 3.63) is 34.3 Å². The molecule has 0 bridgehead atoms. The van der Waals surface area contributed by atoms with Gasteiger partial charge >= 0.3 is 12.1 Å². The van der Waals surface area contributed by atoms with Crippen LogP contribution in [-0.2, 0) is 27.1 Å². The Balaban J connectivity index is 2.69. The number of esters is 1. The largest absolute Gasteiger partial charge is 0.460 e. The minimum absolute atomic E-state index is 0.232. The number of halogens is 4. The second-order valence-electron chi connectivity index (χ2n) is 3.85. The van der Waals surface area contributed by atoms with Gasteiger partial charge in [-0.1, -0.05) is 17.7 Å². The van der Waals surface area contributed by atoms with Crippen LogP contribution in [0.5, 0.6) is 0 Å². The Labute approximate surface area is 112 Å². The molecule has 0 aromatic heterocycles. The Kier molecular flexibility index (Phi) is 4.94. The molecular formula is C12H10ClF3O3. The Morgan fingerprint density at radius 1 is 1.32 bits per heavy atom. The first-order valence-corrected chi connectivity index (χ1v) is 5.58. The number of ketones is 1. The average Bonchev–Trinajstić information content (AvgIpc) is 2.23. The van der Waals surface area contributed by atoms with Gasteiger partial charge in [-0.25, -0.2) is 0 Å². The predicted molar refractivity (Wildman–Crippen MR) is 61.5 cm³/mol. The zero-order valence-corrected chi connectivity index (χ0v) is 10.6. The molecular weight excluding hydrogens is 285 g/mol. The third-order valence-corrected chi connectivity index (χ3v) is 2.44. The summed E-state index contributed by atoms with van der Waals surface area (Å²) in [5, 5.41) is -0.465. The van der Waals surface area contributed by atoms with Gasteiger partial charge in [0.1, 0.15) is 18.8 Å². The van der Waals surface area contributed by atoms with E-state index in [9.17, 15) is 22.8 Å². The van der Waals surface area contributed by atoms with Gasteiger partial charge in [-0.05, 0) is 24.6 Å². The first kappa shape index (κ1) is 15.5. The molecule has 0 atom stereocenters. The summed E-state index contributed by atoms with van der Waals surface area (Å²) in [5.41, 5.74) is -0.636. The summed E-state index contributed by atoms with van der Waals surface area (Å²) < 4.78 is 42.0. The number of alkyl halides is 3. The molecule has 0 aliphatic heterocycles. The smallest absolute Gasteiger partial charge is 0.417 e. The fourth-order valence-corrected chi connectivity index (χ4v) is 1.61. The number of hydrogen-bond acceptors (Lipinski definition) is 3. The van der Waals surface area contributed by atoms with Crippen molar-refractivity contribution < 1.29 is 27.5 Å². The van der Waals surface area contributed by atoms with Crippen LogP contribution < -0.4 is 0 Å². The zero-order valence-electron chi connectivity index (χ0n) is 9.88. The number of benzene rings is 1. The SMILES string of the molecule is CC(=O)CC(=O)OCc1ccc(C(F)(F)F)c(Cl)c1. The zero-order chi connectivity index (χ0) is 14.6. The highest BCUT2D eigenvalue weighted by Crippen LogP contribution is 2.34. The van der Waals surface area contributed by atoms with E-state index in [0.29, 0.717) is 5.56 Å². The van der Waals surface area contributed by atoms with E-state index in [-0.39, 0.29) is 18.8 Å². The van der Waals surface area contributed by atoms with Gasteiger partial charge in [0, 0.05) is 0 Å². The molecule has 0 amide bonds. The Hall–Kier alpha value is -1.56. The maximum Gasteiger partial charge on any atom is 0.417 e. The molecule has 1 aromatic carbocycles. The quantitative estimate of drug-likeness (QED) is 0.631. The fraction of sp³-hybridized carbons (Fsp3) is 0.333. The molecule has 0 N–H and O–H groups in total. The monoisotopic (exact) mass is 294 g/mol. The Morgan fingerprint density at radius 2 is 1.95 bits per heavy atom. The molecule has 3 nitrogen and oxygen atoms in total. The third kappa shape index (κ3) is 4.90. The molecule has 0 fully saturated rings. The summed E-state index contributed by atoms with van der Waals surface area (Å²) in [7, 11) is 0. The lowest BCUT2D eigenvalue weighted by Crippen LogP contribution is -2.09. The molecule has 1 aromatic rings. The molecule has 1 rings (SSSR count). The van der Waals surface area contributed by atoms with Gasteiger partial charge < -0.3 is 4.74 Å². The minimum Gasteiger partial charge on any atom is -0.460 e. The molecule has 0 heterocycles. The van der Waals surface area contributed by atoms with Crippen molar-refractivity contribution in [3.8, 4) is 0 Å². The first-order chi connectivity index (χ1) is 8.70. The molecule has 0 spiro atoms. The summed E-state index contributed by atoms with van der Waals surface area (Å²) in [4.78, 5) is 21.7. The fourth-order valence-electron chi connectivity index (χ4n) is 1.30. The maximum atomic E-state index is 12.4. The van der Waals surface area contributed by atoms with Crippen molar-refractivity contribution in [3.63, 3.8) is 0 Å². The van der Waals surface area contributed by atoms with Crippen LogP contribution in [0.15, 0.2) is 18.2 Å². The average molecular weight is 295 g/mol. The lowest BCUT2D eigenvalue weighted by Gasteiger charge is -2.10. The van der Waals surface area contributed by atoms with Crippen molar-refractivity contribution in [1.29, 1.82) is 0 Å². The van der Waals surface area contributed by atoms with Gasteiger partial charge in [-0.3, -0.25) is 9.59 Å². The highest BCUT2D eigenvalue weighted by Gasteiger charge is 2.33. The summed E-state index contributed by atoms with van der Waals surface area (Å²) in [5.74, 6) is -1.08. The van der Waals surface area contributed by atoms with Gasteiger partial charge in [0.15, 0.2) is 0 Å². The van der Waals surface area contributed by atoms with E-state index in [2.05, 4.69) is 0 Å². The van der Waals surface area contributed by atoms with Crippen molar-refractivity contribution in [2.75, 3.05) is 0 Å². The second-order valence-corrected chi connectivity index (χ2v) is 4.26. The van der Waals surface area contributed by atoms with Gasteiger partial charge in [0.25, 0.3) is 0 Å². The lowest BCUT2D eigenvalue weighted by atomic mass is 10.1. The molecule has 0 aliphatic carbocycles. The number of ether oxygens (including phenoxy) is 1. The van der Waals surface area contributed by atoms with E-state index >= 15 is 0 Å². The maximum absolute atomic E-state index is 12.4. The summed E-state index contributed by atoms with van der Waals surface area (Å²) in [6, 6.07) is 3.05. The van der Waals surface area contributed by atoms with Crippen LogP contribution in [0.4, 0.5) is 13.2 Å². The molecule has 7 heteroatoms. The Morgan fingerprint density at radius 3 is 2.42 bits per heavy atom. The highest BCUT2D eigenvalue weighted by molar-refractivity contribution is 6.31. The van der Waals surface area contributed by atoms with E-state index < -0.39 is 22.7 Å². The normalized spacial score (nSPS) is 11.2. The van der Waals surface area contributed by atoms with E-state index in [4.69, 9.17) is 16.3 Å². The van der Waals surface area contributed by atoms with E-state index in [1.54, 1.807) is 0 Å². The third-order valence-electron chi connectivity index (χ3n) is 2.13. The minimum atomic E-state index is -4.53. The molecule has 0 saturated carbocycles.